The Morgan fingerprint density at radius 3 is 2.12 bits per heavy atom. The molecule has 2 N–H and O–H groups in total. The van der Waals surface area contributed by atoms with E-state index in [2.05, 4.69) is 102 Å². The van der Waals surface area contributed by atoms with Crippen molar-refractivity contribution in [3.8, 4) is 15.4 Å². The van der Waals surface area contributed by atoms with Crippen molar-refractivity contribution < 1.29 is 23.7 Å². The quantitative estimate of drug-likeness (QED) is 0.0644. The van der Waals surface area contributed by atoms with E-state index < -0.39 is 6.04 Å². The van der Waals surface area contributed by atoms with Crippen LogP contribution in [0, 0.1) is 34.6 Å². The predicted molar refractivity (Wildman–Crippen MR) is 264 cm³/mol. The Labute approximate surface area is 393 Å². The minimum Gasteiger partial charge on any atom is -0.378 e. The summed E-state index contributed by atoms with van der Waals surface area (Å²) in [4.78, 5) is 22.3. The second kappa shape index (κ2) is 21.7. The summed E-state index contributed by atoms with van der Waals surface area (Å²) in [6.45, 7) is 19.4. The van der Waals surface area contributed by atoms with Crippen LogP contribution in [0.5, 0.6) is 0 Å². The van der Waals surface area contributed by atoms with Gasteiger partial charge in [-0.25, -0.2) is 0 Å². The zero-order valence-electron chi connectivity index (χ0n) is 38.1. The number of rotatable bonds is 22. The number of ether oxygens (including phenoxy) is 4. The Hall–Kier alpha value is -4.77. The van der Waals surface area contributed by atoms with E-state index in [4.69, 9.17) is 35.5 Å². The number of hydrogen-bond acceptors (Lipinski definition) is 11. The molecular formula is C50H58ClN7O5S2. The number of amides is 1. The van der Waals surface area contributed by atoms with Gasteiger partial charge in [0.05, 0.1) is 65.0 Å². The Bertz CT molecular complexity index is 2770. The van der Waals surface area contributed by atoms with Crippen molar-refractivity contribution in [2.75, 3.05) is 65.9 Å². The number of carbonyl (C=O) groups is 1. The fourth-order valence-electron chi connectivity index (χ4n) is 8.25. The summed E-state index contributed by atoms with van der Waals surface area (Å²) in [5.74, 6) is 1.26. The van der Waals surface area contributed by atoms with Gasteiger partial charge >= 0.3 is 0 Å². The Balaban J connectivity index is 0.679. The number of thiophene rings is 2. The molecule has 0 unspecified atom stereocenters. The molecule has 7 aromatic rings. The third-order valence-corrected chi connectivity index (χ3v) is 14.5. The maximum atomic E-state index is 13.2. The second-order valence-corrected chi connectivity index (χ2v) is 19.2. The molecule has 0 fully saturated rings. The molecule has 5 heterocycles. The van der Waals surface area contributed by atoms with Crippen LogP contribution in [0.1, 0.15) is 68.6 Å². The first-order valence-electron chi connectivity index (χ1n) is 22.4. The monoisotopic (exact) mass is 935 g/mol. The first-order chi connectivity index (χ1) is 31.6. The van der Waals surface area contributed by atoms with Gasteiger partial charge in [0.2, 0.25) is 5.91 Å². The van der Waals surface area contributed by atoms with Crippen LogP contribution >= 0.6 is 34.3 Å². The molecule has 1 aliphatic heterocycles. The molecule has 0 bridgehead atoms. The summed E-state index contributed by atoms with van der Waals surface area (Å²) >= 11 is 9.78. The molecule has 12 nitrogen and oxygen atoms in total. The van der Waals surface area contributed by atoms with Gasteiger partial charge in [-0.05, 0) is 100 Å². The van der Waals surface area contributed by atoms with Gasteiger partial charge in [-0.1, -0.05) is 41.9 Å². The lowest BCUT2D eigenvalue weighted by Gasteiger charge is -2.13. The molecule has 1 atom stereocenters. The van der Waals surface area contributed by atoms with E-state index in [-0.39, 0.29) is 12.3 Å². The molecule has 1 amide bonds. The van der Waals surface area contributed by atoms with E-state index >= 15 is 0 Å². The molecule has 0 spiro atoms. The summed E-state index contributed by atoms with van der Waals surface area (Å²) < 4.78 is 27.3. The number of fused-ring (bicyclic) bond motifs is 6. The molecular weight excluding hydrogens is 878 g/mol. The molecule has 3 aromatic carbocycles. The highest BCUT2D eigenvalue weighted by Crippen LogP contribution is 2.40. The molecule has 4 aromatic heterocycles. The van der Waals surface area contributed by atoms with Crippen molar-refractivity contribution in [3.63, 3.8) is 0 Å². The zero-order chi connectivity index (χ0) is 45.5. The summed E-state index contributed by atoms with van der Waals surface area (Å²) in [5, 5.41) is 19.6. The van der Waals surface area contributed by atoms with Crippen LogP contribution in [0.2, 0.25) is 5.02 Å². The number of aliphatic imine (C=N–C) groups is 1. The highest BCUT2D eigenvalue weighted by molar-refractivity contribution is 7.15. The molecule has 65 heavy (non-hydrogen) atoms. The molecule has 1 aliphatic rings. The van der Waals surface area contributed by atoms with Gasteiger partial charge in [0.15, 0.2) is 5.82 Å². The fraction of sp³-hybridized carbons (Fsp3) is 0.400. The predicted octanol–water partition coefficient (Wildman–Crippen LogP) is 9.64. The van der Waals surface area contributed by atoms with E-state index in [1.165, 1.54) is 53.1 Å². The Kier molecular flexibility index (Phi) is 15.6. The molecule has 342 valence electrons. The van der Waals surface area contributed by atoms with E-state index in [1.807, 2.05) is 47.1 Å². The number of aromatic nitrogens is 4. The SMILES string of the molecule is CCn1c2ccc(CNCCOCCOCCOCCOCCNC(=O)C[C@@H]3N=C(c4ccc(Cl)cc4)c4c(sc(C)c4C)-n4c(C)nnc43)cc2c2ccc(-c3cc(C)c(C)s3)cc21. The van der Waals surface area contributed by atoms with Crippen molar-refractivity contribution in [1.29, 1.82) is 0 Å². The van der Waals surface area contributed by atoms with Gasteiger partial charge in [-0.15, -0.1) is 32.9 Å². The summed E-state index contributed by atoms with van der Waals surface area (Å²) in [5.41, 5.74) is 10.4. The number of benzene rings is 3. The second-order valence-electron chi connectivity index (χ2n) is 16.3. The van der Waals surface area contributed by atoms with Crippen molar-refractivity contribution >= 4 is 67.7 Å². The highest BCUT2D eigenvalue weighted by atomic mass is 35.5. The average Bonchev–Trinajstić information content (AvgIpc) is 4.01. The molecule has 15 heteroatoms. The van der Waals surface area contributed by atoms with Crippen LogP contribution in [0.3, 0.4) is 0 Å². The van der Waals surface area contributed by atoms with Gasteiger partial charge in [0, 0.05) is 78.8 Å². The zero-order valence-corrected chi connectivity index (χ0v) is 40.5. The minimum absolute atomic E-state index is 0.120. The largest absolute Gasteiger partial charge is 0.378 e. The van der Waals surface area contributed by atoms with Crippen LogP contribution in [-0.2, 0) is 36.8 Å². The van der Waals surface area contributed by atoms with Crippen molar-refractivity contribution in [1.82, 2.24) is 30.0 Å². The van der Waals surface area contributed by atoms with Crippen LogP contribution in [0.4, 0.5) is 0 Å². The lowest BCUT2D eigenvalue weighted by molar-refractivity contribution is -0.121. The van der Waals surface area contributed by atoms with Crippen molar-refractivity contribution in [2.45, 2.75) is 67.1 Å². The molecule has 0 aliphatic carbocycles. The Morgan fingerprint density at radius 1 is 0.738 bits per heavy atom. The van der Waals surface area contributed by atoms with E-state index in [0.29, 0.717) is 70.2 Å². The number of nitrogens with one attached hydrogen (secondary N) is 2. The van der Waals surface area contributed by atoms with Crippen LogP contribution in [-0.4, -0.2) is 96.9 Å². The van der Waals surface area contributed by atoms with Crippen LogP contribution < -0.4 is 10.6 Å². The van der Waals surface area contributed by atoms with Gasteiger partial charge in [0.1, 0.15) is 16.9 Å². The molecule has 0 radical (unpaired) electrons. The lowest BCUT2D eigenvalue weighted by atomic mass is 9.99. The van der Waals surface area contributed by atoms with Crippen LogP contribution in [0.15, 0.2) is 71.7 Å². The minimum atomic E-state index is -0.527. The highest BCUT2D eigenvalue weighted by Gasteiger charge is 2.32. The van der Waals surface area contributed by atoms with Crippen molar-refractivity contribution in [2.24, 2.45) is 4.99 Å². The standard InChI is InChI=1S/C50H58ClN7O5S2/c1-7-57-43-15-8-36(27-41(43)40-14-11-38(28-44(40)57)45-26-31(2)33(4)64-45)30-52-16-18-60-20-22-62-24-25-63-23-21-61-19-17-53-46(59)29-42-49-56-55-35(6)58(49)50-47(32(3)34(5)65-50)48(54-42)37-9-12-39(51)13-10-37/h8-15,26-28,42,52H,7,16-25,29-30H2,1-6H3,(H,53,59)/t42-/m0/s1. The molecule has 8 rings (SSSR count). The number of aryl methyl sites for hydroxylation is 5. The van der Waals surface area contributed by atoms with E-state index in [0.717, 1.165) is 52.9 Å². The van der Waals surface area contributed by atoms with Gasteiger partial charge in [-0.3, -0.25) is 14.4 Å². The summed E-state index contributed by atoms with van der Waals surface area (Å²) in [6.07, 6.45) is 0.120. The first-order valence-corrected chi connectivity index (χ1v) is 24.4. The van der Waals surface area contributed by atoms with Gasteiger partial charge < -0.3 is 34.1 Å². The maximum absolute atomic E-state index is 13.2. The summed E-state index contributed by atoms with van der Waals surface area (Å²) in [7, 11) is 0. The first kappa shape index (κ1) is 46.7. The number of nitrogens with zero attached hydrogens (tertiary/aromatic N) is 5. The van der Waals surface area contributed by atoms with Crippen molar-refractivity contribution in [3.05, 3.63) is 121 Å². The number of carbonyl (C=O) groups excluding carboxylic acids is 1. The molecule has 0 saturated carbocycles. The summed E-state index contributed by atoms with van der Waals surface area (Å²) in [6, 6.07) is 23.1. The fourth-order valence-corrected chi connectivity index (χ4v) is 10.6. The lowest BCUT2D eigenvalue weighted by Crippen LogP contribution is -2.29. The van der Waals surface area contributed by atoms with E-state index in [9.17, 15) is 4.79 Å². The van der Waals surface area contributed by atoms with E-state index in [1.54, 1.807) is 11.3 Å². The Morgan fingerprint density at radius 2 is 1.43 bits per heavy atom. The normalized spacial score (nSPS) is 13.6. The number of halogens is 1. The topological polar surface area (TPSA) is 126 Å². The maximum Gasteiger partial charge on any atom is 0.222 e. The number of hydrogen-bond donors (Lipinski definition) is 2. The molecule has 0 saturated heterocycles. The van der Waals surface area contributed by atoms with Gasteiger partial charge in [0.25, 0.3) is 0 Å². The third-order valence-electron chi connectivity index (χ3n) is 11.9. The van der Waals surface area contributed by atoms with Crippen LogP contribution in [0.25, 0.3) is 37.2 Å². The average molecular weight is 937 g/mol. The smallest absolute Gasteiger partial charge is 0.222 e. The van der Waals surface area contributed by atoms with Gasteiger partial charge in [-0.2, -0.15) is 0 Å². The third kappa shape index (κ3) is 10.8.